The van der Waals surface area contributed by atoms with Gasteiger partial charge in [-0.3, -0.25) is 4.68 Å². The molecule has 19 heavy (non-hydrogen) atoms. The fourth-order valence-corrected chi connectivity index (χ4v) is 2.19. The van der Waals surface area contributed by atoms with Crippen LogP contribution in [0.2, 0.25) is 0 Å². The van der Waals surface area contributed by atoms with Gasteiger partial charge in [0.15, 0.2) is 0 Å². The van der Waals surface area contributed by atoms with Gasteiger partial charge in [0.2, 0.25) is 0 Å². The summed E-state index contributed by atoms with van der Waals surface area (Å²) in [4.78, 5) is 0. The number of ether oxygens (including phenoxy) is 1. The Balaban J connectivity index is 2.03. The van der Waals surface area contributed by atoms with Crippen LogP contribution in [0.1, 0.15) is 31.1 Å². The Morgan fingerprint density at radius 2 is 2.11 bits per heavy atom. The smallest absolute Gasteiger partial charge is 0.123 e. The summed E-state index contributed by atoms with van der Waals surface area (Å²) in [6, 6.07) is 10.4. The van der Waals surface area contributed by atoms with Crippen LogP contribution in [0.3, 0.4) is 0 Å². The minimum absolute atomic E-state index is 0.233. The summed E-state index contributed by atoms with van der Waals surface area (Å²) in [6.45, 7) is 5.94. The van der Waals surface area contributed by atoms with Crippen LogP contribution < -0.4 is 10.1 Å². The first-order valence-corrected chi connectivity index (χ1v) is 6.63. The summed E-state index contributed by atoms with van der Waals surface area (Å²) in [7, 11) is 1.71. The molecule has 0 saturated carbocycles. The Morgan fingerprint density at radius 3 is 2.84 bits per heavy atom. The van der Waals surface area contributed by atoms with Crippen molar-refractivity contribution in [3.63, 3.8) is 0 Å². The van der Waals surface area contributed by atoms with Gasteiger partial charge in [-0.15, -0.1) is 0 Å². The molecule has 102 valence electrons. The topological polar surface area (TPSA) is 39.1 Å². The molecule has 0 aliphatic heterocycles. The van der Waals surface area contributed by atoms with Crippen LogP contribution in [-0.2, 0) is 13.1 Å². The number of aryl methyl sites for hydroxylation is 1. The monoisotopic (exact) mass is 259 g/mol. The molecular formula is C15H21N3O. The lowest BCUT2D eigenvalue weighted by molar-refractivity contribution is 0.400. The molecule has 0 amide bonds. The highest BCUT2D eigenvalue weighted by Gasteiger charge is 2.11. The van der Waals surface area contributed by atoms with Crippen molar-refractivity contribution >= 4 is 0 Å². The highest BCUT2D eigenvalue weighted by Crippen LogP contribution is 2.24. The molecule has 4 nitrogen and oxygen atoms in total. The minimum Gasteiger partial charge on any atom is -0.496 e. The average Bonchev–Trinajstić information content (AvgIpc) is 2.92. The molecule has 2 aromatic rings. The maximum Gasteiger partial charge on any atom is 0.123 e. The highest BCUT2D eigenvalue weighted by molar-refractivity contribution is 5.35. The normalized spacial score (nSPS) is 12.4. The lowest BCUT2D eigenvalue weighted by Gasteiger charge is -2.17. The van der Waals surface area contributed by atoms with Gasteiger partial charge < -0.3 is 10.1 Å². The third-order valence-electron chi connectivity index (χ3n) is 3.30. The number of methoxy groups -OCH3 is 1. The first-order valence-electron chi connectivity index (χ1n) is 6.63. The Bertz CT molecular complexity index is 522. The molecule has 0 aliphatic rings. The molecule has 4 heteroatoms. The van der Waals surface area contributed by atoms with Gasteiger partial charge in [-0.05, 0) is 26.0 Å². The van der Waals surface area contributed by atoms with Crippen LogP contribution in [-0.4, -0.2) is 16.9 Å². The molecule has 0 spiro atoms. The molecule has 0 fully saturated rings. The number of hydrogen-bond donors (Lipinski definition) is 1. The fraction of sp³-hybridized carbons (Fsp3) is 0.400. The Hall–Kier alpha value is -1.81. The van der Waals surface area contributed by atoms with E-state index >= 15 is 0 Å². The Morgan fingerprint density at radius 1 is 1.32 bits per heavy atom. The number of hydrogen-bond acceptors (Lipinski definition) is 3. The molecule has 1 atom stereocenters. The van der Waals surface area contributed by atoms with Gasteiger partial charge in [0.05, 0.1) is 12.8 Å². The summed E-state index contributed by atoms with van der Waals surface area (Å²) in [5.74, 6) is 0.923. The van der Waals surface area contributed by atoms with Crippen molar-refractivity contribution in [2.24, 2.45) is 0 Å². The first-order chi connectivity index (χ1) is 9.26. The largest absolute Gasteiger partial charge is 0.496 e. The second kappa shape index (κ2) is 6.38. The Kier molecular flexibility index (Phi) is 4.58. The van der Waals surface area contributed by atoms with E-state index in [0.29, 0.717) is 0 Å². The third kappa shape index (κ3) is 3.15. The van der Waals surface area contributed by atoms with E-state index in [-0.39, 0.29) is 6.04 Å². The summed E-state index contributed by atoms with van der Waals surface area (Å²) in [6.07, 6.45) is 1.84. The van der Waals surface area contributed by atoms with Gasteiger partial charge in [0.25, 0.3) is 0 Å². The number of aromatic nitrogens is 2. The van der Waals surface area contributed by atoms with Crippen molar-refractivity contribution in [2.45, 2.75) is 33.0 Å². The molecule has 0 saturated heterocycles. The first kappa shape index (κ1) is 13.6. The molecule has 0 bridgehead atoms. The predicted molar refractivity (Wildman–Crippen MR) is 76.1 cm³/mol. The van der Waals surface area contributed by atoms with Crippen LogP contribution >= 0.6 is 0 Å². The number of nitrogens with one attached hydrogen (secondary N) is 1. The molecular weight excluding hydrogens is 238 g/mol. The fourth-order valence-electron chi connectivity index (χ4n) is 2.19. The van der Waals surface area contributed by atoms with Crippen molar-refractivity contribution in [1.29, 1.82) is 0 Å². The number of para-hydroxylation sites is 1. The van der Waals surface area contributed by atoms with Gasteiger partial charge in [0.1, 0.15) is 5.75 Å². The van der Waals surface area contributed by atoms with Gasteiger partial charge >= 0.3 is 0 Å². The van der Waals surface area contributed by atoms with Crippen molar-refractivity contribution in [2.75, 3.05) is 7.11 Å². The molecule has 1 aromatic carbocycles. The van der Waals surface area contributed by atoms with Gasteiger partial charge in [-0.1, -0.05) is 18.2 Å². The number of rotatable bonds is 6. The van der Waals surface area contributed by atoms with E-state index in [1.165, 1.54) is 11.3 Å². The standard InChI is InChI=1S/C15H21N3O/c1-4-18-13(9-10-17-18)11-16-12(2)14-7-5-6-8-15(14)19-3/h5-10,12,16H,4,11H2,1-3H3. The van der Waals surface area contributed by atoms with Crippen LogP contribution in [0.4, 0.5) is 0 Å². The maximum atomic E-state index is 5.39. The summed E-state index contributed by atoms with van der Waals surface area (Å²) in [5, 5.41) is 7.78. The molecule has 1 aromatic heterocycles. The van der Waals surface area contributed by atoms with Crippen molar-refractivity contribution < 1.29 is 4.74 Å². The van der Waals surface area contributed by atoms with E-state index in [9.17, 15) is 0 Å². The SMILES string of the molecule is CCn1nccc1CNC(C)c1ccccc1OC. The second-order valence-corrected chi connectivity index (χ2v) is 4.48. The van der Waals surface area contributed by atoms with Crippen molar-refractivity contribution in [3.05, 3.63) is 47.8 Å². The third-order valence-corrected chi connectivity index (χ3v) is 3.30. The lowest BCUT2D eigenvalue weighted by Crippen LogP contribution is -2.20. The van der Waals surface area contributed by atoms with E-state index in [1.807, 2.05) is 35.1 Å². The van der Waals surface area contributed by atoms with Crippen molar-refractivity contribution in [3.8, 4) is 5.75 Å². The van der Waals surface area contributed by atoms with E-state index in [1.54, 1.807) is 7.11 Å². The molecule has 0 radical (unpaired) electrons. The van der Waals surface area contributed by atoms with Gasteiger partial charge in [-0.2, -0.15) is 5.10 Å². The maximum absolute atomic E-state index is 5.39. The quantitative estimate of drug-likeness (QED) is 0.867. The van der Waals surface area contributed by atoms with Crippen LogP contribution in [0.5, 0.6) is 5.75 Å². The predicted octanol–water partition coefficient (Wildman–Crippen LogP) is 2.76. The lowest BCUT2D eigenvalue weighted by atomic mass is 10.1. The van der Waals surface area contributed by atoms with Gasteiger partial charge in [0, 0.05) is 30.9 Å². The number of nitrogens with zero attached hydrogens (tertiary/aromatic N) is 2. The molecule has 1 N–H and O–H groups in total. The molecule has 0 aliphatic carbocycles. The zero-order valence-electron chi connectivity index (χ0n) is 11.8. The van der Waals surface area contributed by atoms with E-state index in [4.69, 9.17) is 4.74 Å². The van der Waals surface area contributed by atoms with Gasteiger partial charge in [-0.25, -0.2) is 0 Å². The summed E-state index contributed by atoms with van der Waals surface area (Å²) >= 11 is 0. The van der Waals surface area contributed by atoms with Crippen molar-refractivity contribution in [1.82, 2.24) is 15.1 Å². The zero-order valence-corrected chi connectivity index (χ0v) is 11.8. The molecule has 2 rings (SSSR count). The zero-order chi connectivity index (χ0) is 13.7. The van der Waals surface area contributed by atoms with Crippen LogP contribution in [0, 0.1) is 0 Å². The second-order valence-electron chi connectivity index (χ2n) is 4.48. The van der Waals surface area contributed by atoms with Crippen LogP contribution in [0.15, 0.2) is 36.5 Å². The summed E-state index contributed by atoms with van der Waals surface area (Å²) < 4.78 is 7.39. The van der Waals surface area contributed by atoms with E-state index in [2.05, 4.69) is 30.3 Å². The highest BCUT2D eigenvalue weighted by atomic mass is 16.5. The molecule has 1 heterocycles. The molecule has 1 unspecified atom stereocenters. The number of benzene rings is 1. The van der Waals surface area contributed by atoms with Crippen LogP contribution in [0.25, 0.3) is 0 Å². The van der Waals surface area contributed by atoms with E-state index in [0.717, 1.165) is 18.8 Å². The summed E-state index contributed by atoms with van der Waals surface area (Å²) in [5.41, 5.74) is 2.37. The minimum atomic E-state index is 0.233. The Labute approximate surface area is 114 Å². The average molecular weight is 259 g/mol. The van der Waals surface area contributed by atoms with E-state index < -0.39 is 0 Å².